The molecule has 2 aliphatic carbocycles. The largest absolute Gasteiger partial charge is 0.507 e. The predicted octanol–water partition coefficient (Wildman–Crippen LogP) is 0.794. The summed E-state index contributed by atoms with van der Waals surface area (Å²) in [5, 5.41) is 63.6. The van der Waals surface area contributed by atoms with E-state index in [0.717, 1.165) is 0 Å². The third kappa shape index (κ3) is 4.17. The number of hydrogen-bond acceptors (Lipinski definition) is 11. The first-order valence-corrected chi connectivity index (χ1v) is 12.7. The average Bonchev–Trinajstić information content (AvgIpc) is 2.90. The topological polar surface area (TPSA) is 191 Å². The van der Waals surface area contributed by atoms with Crippen LogP contribution in [-0.2, 0) is 27.3 Å². The maximum Gasteiger partial charge on any atom is 0.198 e. The third-order valence-corrected chi connectivity index (χ3v) is 8.12. The lowest BCUT2D eigenvalue weighted by Gasteiger charge is -2.42. The molecule has 0 bridgehead atoms. The van der Waals surface area contributed by atoms with Gasteiger partial charge in [0.1, 0.15) is 23.7 Å². The number of phenols is 2. The molecule has 0 amide bonds. The predicted molar refractivity (Wildman–Crippen MR) is 132 cm³/mol. The molecule has 5 rings (SSSR count). The van der Waals surface area contributed by atoms with Crippen molar-refractivity contribution in [1.82, 2.24) is 0 Å². The maximum absolute atomic E-state index is 13.6. The zero-order valence-electron chi connectivity index (χ0n) is 21.4. The van der Waals surface area contributed by atoms with Crippen LogP contribution < -0.4 is 0 Å². The first kappa shape index (κ1) is 27.4. The van der Waals surface area contributed by atoms with Gasteiger partial charge in [-0.3, -0.25) is 14.4 Å². The molecule has 1 aliphatic heterocycles. The molecule has 39 heavy (non-hydrogen) atoms. The van der Waals surface area contributed by atoms with Crippen LogP contribution in [0.25, 0.3) is 0 Å². The van der Waals surface area contributed by atoms with Crippen molar-refractivity contribution in [3.8, 4) is 11.5 Å². The lowest BCUT2D eigenvalue weighted by atomic mass is 9.71. The molecular weight excluding hydrogens is 512 g/mol. The molecule has 1 saturated heterocycles. The summed E-state index contributed by atoms with van der Waals surface area (Å²) in [7, 11) is 0. The highest BCUT2D eigenvalue weighted by atomic mass is 16.7. The summed E-state index contributed by atoms with van der Waals surface area (Å²) < 4.78 is 11.9. The van der Waals surface area contributed by atoms with E-state index in [1.807, 2.05) is 0 Å². The van der Waals surface area contributed by atoms with E-state index in [4.69, 9.17) is 9.47 Å². The van der Waals surface area contributed by atoms with Crippen LogP contribution in [-0.4, -0.2) is 78.7 Å². The van der Waals surface area contributed by atoms with Crippen molar-refractivity contribution >= 4 is 17.3 Å². The Labute approximate surface area is 223 Å². The smallest absolute Gasteiger partial charge is 0.198 e. The van der Waals surface area contributed by atoms with Crippen LogP contribution in [0.2, 0.25) is 0 Å². The average molecular weight is 543 g/mol. The van der Waals surface area contributed by atoms with Crippen molar-refractivity contribution in [3.05, 3.63) is 57.1 Å². The molecule has 0 aromatic heterocycles. The summed E-state index contributed by atoms with van der Waals surface area (Å²) in [4.78, 5) is 39.7. The van der Waals surface area contributed by atoms with Crippen molar-refractivity contribution < 1.29 is 54.5 Å². The van der Waals surface area contributed by atoms with Gasteiger partial charge in [-0.15, -0.1) is 0 Å². The Morgan fingerprint density at radius 2 is 1.77 bits per heavy atom. The summed E-state index contributed by atoms with van der Waals surface area (Å²) >= 11 is 0. The summed E-state index contributed by atoms with van der Waals surface area (Å²) in [5.41, 5.74) is -3.46. The number of ether oxygens (including phenoxy) is 2. The van der Waals surface area contributed by atoms with Crippen LogP contribution >= 0.6 is 0 Å². The number of fused-ring (bicyclic) bond motifs is 3. The molecule has 2 aromatic rings. The fraction of sp³-hybridized carbons (Fsp3) is 0.464. The molecule has 11 heteroatoms. The number of hydrogen-bond donors (Lipinski definition) is 6. The van der Waals surface area contributed by atoms with Crippen molar-refractivity contribution in [3.63, 3.8) is 0 Å². The molecule has 0 saturated carbocycles. The number of ketones is 3. The molecule has 208 valence electrons. The van der Waals surface area contributed by atoms with Gasteiger partial charge in [-0.05, 0) is 18.4 Å². The second-order valence-electron chi connectivity index (χ2n) is 10.6. The van der Waals surface area contributed by atoms with Crippen molar-refractivity contribution in [2.75, 3.05) is 6.61 Å². The lowest BCUT2D eigenvalue weighted by Crippen LogP contribution is -2.49. The summed E-state index contributed by atoms with van der Waals surface area (Å²) in [5.74, 6) is -4.12. The SMILES string of the molecule is CC1O[C@@H](OC2C[C@](O)(C(=O)CO)Cc3c(O)c4c(c(O)c32)C(=O)c2c(CO)cccc2C4=O)C[C@@H](C)[C@@H]1O. The molecule has 1 fully saturated rings. The molecule has 6 atom stereocenters. The van der Waals surface area contributed by atoms with Crippen LogP contribution in [0.1, 0.15) is 81.3 Å². The Bertz CT molecular complexity index is 1370. The Morgan fingerprint density at radius 3 is 2.41 bits per heavy atom. The first-order valence-electron chi connectivity index (χ1n) is 12.7. The van der Waals surface area contributed by atoms with Gasteiger partial charge in [0.05, 0.1) is 36.0 Å². The number of benzene rings is 2. The summed E-state index contributed by atoms with van der Waals surface area (Å²) in [6, 6.07) is 4.30. The maximum atomic E-state index is 13.6. The van der Waals surface area contributed by atoms with E-state index in [-0.39, 0.29) is 40.2 Å². The molecule has 2 unspecified atom stereocenters. The lowest BCUT2D eigenvalue weighted by molar-refractivity contribution is -0.255. The van der Waals surface area contributed by atoms with Gasteiger partial charge in [-0.25, -0.2) is 0 Å². The van der Waals surface area contributed by atoms with Gasteiger partial charge < -0.3 is 40.1 Å². The molecule has 0 spiro atoms. The molecule has 1 heterocycles. The van der Waals surface area contributed by atoms with Gasteiger partial charge >= 0.3 is 0 Å². The zero-order chi connectivity index (χ0) is 28.4. The van der Waals surface area contributed by atoms with E-state index < -0.39 is 96.2 Å². The molecule has 11 nitrogen and oxygen atoms in total. The number of carbonyl (C=O) groups is 3. The third-order valence-electron chi connectivity index (χ3n) is 8.12. The minimum Gasteiger partial charge on any atom is -0.507 e. The Balaban J connectivity index is 1.69. The monoisotopic (exact) mass is 542 g/mol. The summed E-state index contributed by atoms with van der Waals surface area (Å²) in [6.07, 6.45) is -4.40. The van der Waals surface area contributed by atoms with E-state index in [1.54, 1.807) is 13.8 Å². The molecule has 6 N–H and O–H groups in total. The highest BCUT2D eigenvalue weighted by Crippen LogP contribution is 2.52. The van der Waals surface area contributed by atoms with Gasteiger partial charge in [0.2, 0.25) is 0 Å². The first-order chi connectivity index (χ1) is 18.4. The molecule has 3 aliphatic rings. The van der Waals surface area contributed by atoms with Crippen LogP contribution in [0.3, 0.4) is 0 Å². The fourth-order valence-corrected chi connectivity index (χ4v) is 6.01. The minimum absolute atomic E-state index is 0.0730. The van der Waals surface area contributed by atoms with E-state index in [0.29, 0.717) is 0 Å². The van der Waals surface area contributed by atoms with Gasteiger partial charge in [-0.2, -0.15) is 0 Å². The zero-order valence-corrected chi connectivity index (χ0v) is 21.4. The quantitative estimate of drug-likeness (QED) is 0.250. The van der Waals surface area contributed by atoms with Crippen LogP contribution in [0.5, 0.6) is 11.5 Å². The van der Waals surface area contributed by atoms with E-state index >= 15 is 0 Å². The Morgan fingerprint density at radius 1 is 1.08 bits per heavy atom. The number of aromatic hydroxyl groups is 2. The summed E-state index contributed by atoms with van der Waals surface area (Å²) in [6.45, 7) is 1.89. The van der Waals surface area contributed by atoms with Gasteiger partial charge in [0, 0.05) is 41.5 Å². The Hall–Kier alpha value is -3.19. The Kier molecular flexibility index (Phi) is 6.86. The number of aliphatic hydroxyl groups is 4. The highest BCUT2D eigenvalue weighted by molar-refractivity contribution is 6.31. The minimum atomic E-state index is -2.22. The van der Waals surface area contributed by atoms with Crippen molar-refractivity contribution in [2.45, 2.75) is 69.9 Å². The van der Waals surface area contributed by atoms with Gasteiger partial charge in [0.25, 0.3) is 0 Å². The normalized spacial score (nSPS) is 29.9. The standard InChI is InChI=1S/C28H30O11/c1-11-6-18(38-12(2)23(11)32)39-16-8-28(37,17(31)10-30)7-15-20(16)27(36)22-21(25(15)34)24(33)14-5-3-4-13(9-29)19(14)26(22)35/h3-5,11-12,16,18,23,29-30,32,34,36-37H,6-10H2,1-2H3/t11-,12?,16?,18+,23+,28+/m1/s1. The van der Waals surface area contributed by atoms with E-state index in [2.05, 4.69) is 0 Å². The van der Waals surface area contributed by atoms with Gasteiger partial charge in [0.15, 0.2) is 23.6 Å². The highest BCUT2D eigenvalue weighted by Gasteiger charge is 2.50. The number of aliphatic hydroxyl groups excluding tert-OH is 3. The van der Waals surface area contributed by atoms with Crippen LogP contribution in [0.4, 0.5) is 0 Å². The number of rotatable bonds is 5. The number of Topliss-reactive ketones (excluding diaryl/α,β-unsaturated/α-hetero) is 1. The van der Waals surface area contributed by atoms with Crippen molar-refractivity contribution in [1.29, 1.82) is 0 Å². The van der Waals surface area contributed by atoms with Gasteiger partial charge in [-0.1, -0.05) is 25.1 Å². The second-order valence-corrected chi connectivity index (χ2v) is 10.6. The fourth-order valence-electron chi connectivity index (χ4n) is 6.01. The van der Waals surface area contributed by atoms with Crippen molar-refractivity contribution in [2.24, 2.45) is 5.92 Å². The number of phenolic OH excluding ortho intramolecular Hbond substituents is 2. The molecular formula is C28H30O11. The van der Waals surface area contributed by atoms with Crippen LogP contribution in [0.15, 0.2) is 18.2 Å². The molecule has 2 aromatic carbocycles. The second kappa shape index (κ2) is 9.77. The number of carbonyl (C=O) groups excluding carboxylic acids is 3. The molecule has 0 radical (unpaired) electrons. The van der Waals surface area contributed by atoms with Crippen LogP contribution in [0, 0.1) is 5.92 Å². The van der Waals surface area contributed by atoms with E-state index in [1.165, 1.54) is 18.2 Å². The van der Waals surface area contributed by atoms with E-state index in [9.17, 15) is 45.0 Å².